The lowest BCUT2D eigenvalue weighted by Crippen LogP contribution is -2.18. The molecule has 0 fully saturated rings. The molecule has 0 amide bonds. The zero-order valence-corrected chi connectivity index (χ0v) is 12.7. The van der Waals surface area contributed by atoms with Crippen LogP contribution in [0.1, 0.15) is 29.7 Å². The van der Waals surface area contributed by atoms with Gasteiger partial charge in [0.2, 0.25) is 0 Å². The van der Waals surface area contributed by atoms with Crippen molar-refractivity contribution in [3.05, 3.63) is 70.2 Å². The standard InChI is InChI=1S/C17H20ClNO/c1-13(16-4-3-5-17(18)10-16)19-11-14-6-8-15(9-7-14)12-20-2/h3-10,13,19H,11-12H2,1-2H3/t13-/m1/s1. The van der Waals surface area contributed by atoms with Crippen molar-refractivity contribution in [1.82, 2.24) is 5.32 Å². The van der Waals surface area contributed by atoms with Gasteiger partial charge in [0.15, 0.2) is 0 Å². The quantitative estimate of drug-likeness (QED) is 0.854. The van der Waals surface area contributed by atoms with Crippen molar-refractivity contribution < 1.29 is 4.74 Å². The second kappa shape index (κ2) is 7.44. The van der Waals surface area contributed by atoms with Crippen LogP contribution < -0.4 is 5.32 Å². The fourth-order valence-corrected chi connectivity index (χ4v) is 2.28. The van der Waals surface area contributed by atoms with Crippen molar-refractivity contribution in [3.63, 3.8) is 0 Å². The molecule has 0 aliphatic carbocycles. The highest BCUT2D eigenvalue weighted by Crippen LogP contribution is 2.17. The summed E-state index contributed by atoms with van der Waals surface area (Å²) in [6.45, 7) is 3.64. The number of benzene rings is 2. The second-order valence-electron chi connectivity index (χ2n) is 4.91. The number of hydrogen-bond donors (Lipinski definition) is 1. The van der Waals surface area contributed by atoms with Gasteiger partial charge in [0.25, 0.3) is 0 Å². The molecule has 0 unspecified atom stereocenters. The van der Waals surface area contributed by atoms with Gasteiger partial charge in [-0.3, -0.25) is 0 Å². The van der Waals surface area contributed by atoms with Crippen molar-refractivity contribution in [2.45, 2.75) is 26.1 Å². The Bertz CT molecular complexity index is 539. The lowest BCUT2D eigenvalue weighted by molar-refractivity contribution is 0.185. The number of methoxy groups -OCH3 is 1. The van der Waals surface area contributed by atoms with E-state index in [4.69, 9.17) is 16.3 Å². The summed E-state index contributed by atoms with van der Waals surface area (Å²) >= 11 is 6.01. The van der Waals surface area contributed by atoms with Gasteiger partial charge >= 0.3 is 0 Å². The summed E-state index contributed by atoms with van der Waals surface area (Å²) in [5.74, 6) is 0. The minimum absolute atomic E-state index is 0.271. The van der Waals surface area contributed by atoms with Crippen LogP contribution in [0, 0.1) is 0 Å². The highest BCUT2D eigenvalue weighted by molar-refractivity contribution is 6.30. The molecule has 3 heteroatoms. The number of hydrogen-bond acceptors (Lipinski definition) is 2. The minimum Gasteiger partial charge on any atom is -0.380 e. The molecule has 20 heavy (non-hydrogen) atoms. The topological polar surface area (TPSA) is 21.3 Å². The molecule has 0 radical (unpaired) electrons. The van der Waals surface area contributed by atoms with Crippen LogP contribution in [0.5, 0.6) is 0 Å². The van der Waals surface area contributed by atoms with Gasteiger partial charge in [-0.15, -0.1) is 0 Å². The Morgan fingerprint density at radius 3 is 2.45 bits per heavy atom. The monoisotopic (exact) mass is 289 g/mol. The van der Waals surface area contributed by atoms with Crippen molar-refractivity contribution in [2.75, 3.05) is 7.11 Å². The molecule has 0 bridgehead atoms. The van der Waals surface area contributed by atoms with Gasteiger partial charge < -0.3 is 10.1 Å². The summed E-state index contributed by atoms with van der Waals surface area (Å²) in [6, 6.07) is 16.7. The zero-order valence-electron chi connectivity index (χ0n) is 11.9. The van der Waals surface area contributed by atoms with Crippen LogP contribution >= 0.6 is 11.6 Å². The third kappa shape index (κ3) is 4.34. The predicted octanol–water partition coefficient (Wildman–Crippen LogP) is 4.34. The van der Waals surface area contributed by atoms with Gasteiger partial charge in [0.05, 0.1) is 6.61 Å². The first kappa shape index (κ1) is 15.0. The Balaban J connectivity index is 1.91. The van der Waals surface area contributed by atoms with Gasteiger partial charge in [0, 0.05) is 24.7 Å². The highest BCUT2D eigenvalue weighted by atomic mass is 35.5. The molecule has 1 atom stereocenters. The molecule has 1 N–H and O–H groups in total. The summed E-state index contributed by atoms with van der Waals surface area (Å²) in [4.78, 5) is 0. The van der Waals surface area contributed by atoms with Gasteiger partial charge in [-0.2, -0.15) is 0 Å². The first-order valence-electron chi connectivity index (χ1n) is 6.74. The number of rotatable bonds is 6. The van der Waals surface area contributed by atoms with E-state index in [-0.39, 0.29) is 6.04 Å². The smallest absolute Gasteiger partial charge is 0.0713 e. The number of halogens is 1. The van der Waals surface area contributed by atoms with Crippen LogP contribution in [0.25, 0.3) is 0 Å². The van der Waals surface area contributed by atoms with Crippen LogP contribution in [-0.4, -0.2) is 7.11 Å². The van der Waals surface area contributed by atoms with Crippen LogP contribution in [-0.2, 0) is 17.9 Å². The molecular weight excluding hydrogens is 270 g/mol. The third-order valence-corrected chi connectivity index (χ3v) is 3.53. The van der Waals surface area contributed by atoms with Crippen LogP contribution in [0.15, 0.2) is 48.5 Å². The van der Waals surface area contributed by atoms with Crippen LogP contribution in [0.3, 0.4) is 0 Å². The van der Waals surface area contributed by atoms with Gasteiger partial charge in [-0.05, 0) is 35.7 Å². The average Bonchev–Trinajstić information content (AvgIpc) is 2.46. The number of nitrogens with one attached hydrogen (secondary N) is 1. The zero-order chi connectivity index (χ0) is 14.4. The van der Waals surface area contributed by atoms with E-state index in [1.54, 1.807) is 7.11 Å². The molecule has 2 nitrogen and oxygen atoms in total. The molecule has 0 spiro atoms. The molecule has 2 aromatic carbocycles. The van der Waals surface area contributed by atoms with Gasteiger partial charge in [0.1, 0.15) is 0 Å². The molecule has 0 heterocycles. The first-order chi connectivity index (χ1) is 9.69. The molecule has 0 aromatic heterocycles. The molecule has 106 valence electrons. The van der Waals surface area contributed by atoms with E-state index in [0.717, 1.165) is 11.6 Å². The Morgan fingerprint density at radius 1 is 1.10 bits per heavy atom. The number of ether oxygens (including phenoxy) is 1. The SMILES string of the molecule is COCc1ccc(CN[C@H](C)c2cccc(Cl)c2)cc1. The van der Waals surface area contributed by atoms with Crippen molar-refractivity contribution in [2.24, 2.45) is 0 Å². The van der Waals surface area contributed by atoms with E-state index >= 15 is 0 Å². The maximum absolute atomic E-state index is 6.01. The average molecular weight is 290 g/mol. The summed E-state index contributed by atoms with van der Waals surface area (Å²) in [7, 11) is 1.71. The molecule has 0 aliphatic rings. The Morgan fingerprint density at radius 2 is 1.80 bits per heavy atom. The molecular formula is C17H20ClNO. The minimum atomic E-state index is 0.271. The van der Waals surface area contributed by atoms with E-state index < -0.39 is 0 Å². The molecule has 0 saturated carbocycles. The second-order valence-corrected chi connectivity index (χ2v) is 5.34. The fourth-order valence-electron chi connectivity index (χ4n) is 2.08. The Labute approximate surface area is 125 Å². The van der Waals surface area contributed by atoms with Gasteiger partial charge in [-0.1, -0.05) is 48.0 Å². The van der Waals surface area contributed by atoms with Gasteiger partial charge in [-0.25, -0.2) is 0 Å². The summed E-state index contributed by atoms with van der Waals surface area (Å²) < 4.78 is 5.11. The lowest BCUT2D eigenvalue weighted by atomic mass is 10.1. The lowest BCUT2D eigenvalue weighted by Gasteiger charge is -2.15. The summed E-state index contributed by atoms with van der Waals surface area (Å²) in [6.07, 6.45) is 0. The molecule has 0 aliphatic heterocycles. The largest absolute Gasteiger partial charge is 0.380 e. The third-order valence-electron chi connectivity index (χ3n) is 3.30. The van der Waals surface area contributed by atoms with Crippen molar-refractivity contribution >= 4 is 11.6 Å². The summed E-state index contributed by atoms with van der Waals surface area (Å²) in [5.41, 5.74) is 3.66. The molecule has 0 saturated heterocycles. The van der Waals surface area contributed by atoms with E-state index in [0.29, 0.717) is 6.61 Å². The van der Waals surface area contributed by atoms with Crippen molar-refractivity contribution in [1.29, 1.82) is 0 Å². The van der Waals surface area contributed by atoms with E-state index in [2.05, 4.69) is 42.6 Å². The van der Waals surface area contributed by atoms with Crippen LogP contribution in [0.4, 0.5) is 0 Å². The Kier molecular flexibility index (Phi) is 5.60. The maximum Gasteiger partial charge on any atom is 0.0713 e. The maximum atomic E-state index is 6.01. The normalized spacial score (nSPS) is 12.3. The molecule has 2 rings (SSSR count). The van der Waals surface area contributed by atoms with Crippen molar-refractivity contribution in [3.8, 4) is 0 Å². The van der Waals surface area contributed by atoms with E-state index in [1.807, 2.05) is 18.2 Å². The molecule has 2 aromatic rings. The summed E-state index contributed by atoms with van der Waals surface area (Å²) in [5, 5.41) is 4.28. The first-order valence-corrected chi connectivity index (χ1v) is 7.12. The van der Waals surface area contributed by atoms with Crippen LogP contribution in [0.2, 0.25) is 5.02 Å². The van der Waals surface area contributed by atoms with E-state index in [1.165, 1.54) is 16.7 Å². The Hall–Kier alpha value is -1.35. The fraction of sp³-hybridized carbons (Fsp3) is 0.294. The highest BCUT2D eigenvalue weighted by Gasteiger charge is 2.05. The van der Waals surface area contributed by atoms with E-state index in [9.17, 15) is 0 Å². The predicted molar refractivity (Wildman–Crippen MR) is 83.9 cm³/mol.